The summed E-state index contributed by atoms with van der Waals surface area (Å²) in [5, 5.41) is 5.33. The van der Waals surface area contributed by atoms with E-state index < -0.39 is 0 Å². The number of alkyl halides is 1. The van der Waals surface area contributed by atoms with E-state index >= 15 is 0 Å². The summed E-state index contributed by atoms with van der Waals surface area (Å²) in [6.45, 7) is 2.85. The number of hydrogen-bond acceptors (Lipinski definition) is 2. The number of benzene rings is 1. The number of imidazole rings is 1. The van der Waals surface area contributed by atoms with Crippen molar-refractivity contribution < 1.29 is 0 Å². The van der Waals surface area contributed by atoms with E-state index in [0.29, 0.717) is 15.9 Å². The maximum Gasteiger partial charge on any atom is 0.125 e. The van der Waals surface area contributed by atoms with Crippen LogP contribution in [0, 0.1) is 6.92 Å². The summed E-state index contributed by atoms with van der Waals surface area (Å²) < 4.78 is 2.10. The van der Waals surface area contributed by atoms with Crippen molar-refractivity contribution in [1.82, 2.24) is 9.55 Å². The average Bonchev–Trinajstić information content (AvgIpc) is 2.96. The molecule has 0 saturated heterocycles. The minimum Gasteiger partial charge on any atom is -0.322 e. The van der Waals surface area contributed by atoms with Crippen molar-refractivity contribution in [3.8, 4) is 0 Å². The third-order valence-corrected chi connectivity index (χ3v) is 5.15. The Morgan fingerprint density at radius 1 is 1.20 bits per heavy atom. The predicted octanol–water partition coefficient (Wildman–Crippen LogP) is 5.50. The van der Waals surface area contributed by atoms with Crippen LogP contribution in [0.5, 0.6) is 0 Å². The SMILES string of the molecule is Cc1cscc1Cn1c(CCl)nc2cc(Cl)c(Cl)cc21. The van der Waals surface area contributed by atoms with Crippen molar-refractivity contribution >= 4 is 57.2 Å². The molecule has 0 aliphatic rings. The molecule has 2 nitrogen and oxygen atoms in total. The highest BCUT2D eigenvalue weighted by atomic mass is 35.5. The van der Waals surface area contributed by atoms with Gasteiger partial charge in [-0.1, -0.05) is 23.2 Å². The fraction of sp³-hybridized carbons (Fsp3) is 0.214. The van der Waals surface area contributed by atoms with Crippen LogP contribution in [0.25, 0.3) is 11.0 Å². The molecule has 2 aromatic heterocycles. The standard InChI is InChI=1S/C14H11Cl3N2S/c1-8-6-20-7-9(8)5-19-13-3-11(17)10(16)2-12(13)18-14(19)4-15/h2-3,6-7H,4-5H2,1H3. The minimum atomic E-state index is 0.354. The summed E-state index contributed by atoms with van der Waals surface area (Å²) in [5.74, 6) is 1.18. The first-order chi connectivity index (χ1) is 9.60. The Hall–Kier alpha value is -0.740. The molecule has 0 aliphatic carbocycles. The van der Waals surface area contributed by atoms with Crippen LogP contribution in [0.15, 0.2) is 22.9 Å². The summed E-state index contributed by atoms with van der Waals surface area (Å²) in [4.78, 5) is 4.53. The quantitative estimate of drug-likeness (QED) is 0.573. The molecule has 1 aromatic carbocycles. The molecule has 0 aliphatic heterocycles. The zero-order valence-corrected chi connectivity index (χ0v) is 13.7. The smallest absolute Gasteiger partial charge is 0.125 e. The van der Waals surface area contributed by atoms with Crippen molar-refractivity contribution in [2.75, 3.05) is 0 Å². The highest BCUT2D eigenvalue weighted by Gasteiger charge is 2.13. The molecule has 0 amide bonds. The second kappa shape index (κ2) is 5.57. The zero-order chi connectivity index (χ0) is 14.3. The summed E-state index contributed by atoms with van der Waals surface area (Å²) in [5.41, 5.74) is 4.33. The predicted molar refractivity (Wildman–Crippen MR) is 87.5 cm³/mol. The van der Waals surface area contributed by atoms with E-state index in [9.17, 15) is 0 Å². The van der Waals surface area contributed by atoms with Crippen LogP contribution in [0.4, 0.5) is 0 Å². The maximum atomic E-state index is 6.12. The van der Waals surface area contributed by atoms with Gasteiger partial charge in [-0.2, -0.15) is 11.3 Å². The summed E-state index contributed by atoms with van der Waals surface area (Å²) in [6, 6.07) is 3.64. The first kappa shape index (κ1) is 14.2. The van der Waals surface area contributed by atoms with Crippen LogP contribution in [-0.4, -0.2) is 9.55 Å². The lowest BCUT2D eigenvalue weighted by molar-refractivity contribution is 0.777. The molecule has 3 aromatic rings. The molecule has 0 radical (unpaired) electrons. The fourth-order valence-corrected chi connectivity index (χ4v) is 3.54. The minimum absolute atomic E-state index is 0.354. The van der Waals surface area contributed by atoms with Gasteiger partial charge in [0, 0.05) is 0 Å². The normalized spacial score (nSPS) is 11.4. The molecule has 0 unspecified atom stereocenters. The highest BCUT2D eigenvalue weighted by molar-refractivity contribution is 7.08. The number of halogens is 3. The molecule has 2 heterocycles. The third kappa shape index (κ3) is 2.44. The largest absolute Gasteiger partial charge is 0.322 e. The van der Waals surface area contributed by atoms with Crippen LogP contribution >= 0.6 is 46.1 Å². The maximum absolute atomic E-state index is 6.12. The summed E-state index contributed by atoms with van der Waals surface area (Å²) in [7, 11) is 0. The van der Waals surface area contributed by atoms with Gasteiger partial charge in [-0.05, 0) is 40.9 Å². The van der Waals surface area contributed by atoms with E-state index in [2.05, 4.69) is 27.2 Å². The number of hydrogen-bond donors (Lipinski definition) is 0. The van der Waals surface area contributed by atoms with Crippen molar-refractivity contribution in [1.29, 1.82) is 0 Å². The van der Waals surface area contributed by atoms with Gasteiger partial charge >= 0.3 is 0 Å². The average molecular weight is 346 g/mol. The number of rotatable bonds is 3. The Morgan fingerprint density at radius 2 is 1.95 bits per heavy atom. The van der Waals surface area contributed by atoms with Crippen LogP contribution in [0.1, 0.15) is 17.0 Å². The van der Waals surface area contributed by atoms with Gasteiger partial charge in [-0.25, -0.2) is 4.98 Å². The molecule has 6 heteroatoms. The molecule has 104 valence electrons. The van der Waals surface area contributed by atoms with Crippen LogP contribution in [-0.2, 0) is 12.4 Å². The van der Waals surface area contributed by atoms with Crippen LogP contribution in [0.2, 0.25) is 10.0 Å². The van der Waals surface area contributed by atoms with E-state index in [4.69, 9.17) is 34.8 Å². The second-order valence-corrected chi connectivity index (χ2v) is 6.41. The number of fused-ring (bicyclic) bond motifs is 1. The monoisotopic (exact) mass is 344 g/mol. The van der Waals surface area contributed by atoms with Gasteiger partial charge in [0.05, 0.1) is 33.5 Å². The van der Waals surface area contributed by atoms with Gasteiger partial charge in [0.15, 0.2) is 0 Å². The molecule has 3 rings (SSSR count). The Bertz CT molecular complexity index is 776. The van der Waals surface area contributed by atoms with E-state index in [1.54, 1.807) is 17.4 Å². The van der Waals surface area contributed by atoms with Gasteiger partial charge in [0.1, 0.15) is 5.82 Å². The Kier molecular flexibility index (Phi) is 3.95. The molecule has 0 atom stereocenters. The lowest BCUT2D eigenvalue weighted by atomic mass is 10.2. The summed E-state index contributed by atoms with van der Waals surface area (Å²) in [6.07, 6.45) is 0. The summed E-state index contributed by atoms with van der Waals surface area (Å²) >= 11 is 19.9. The number of aryl methyl sites for hydroxylation is 1. The van der Waals surface area contributed by atoms with E-state index in [1.807, 2.05) is 6.07 Å². The van der Waals surface area contributed by atoms with Gasteiger partial charge < -0.3 is 4.57 Å². The van der Waals surface area contributed by atoms with Crippen molar-refractivity contribution in [3.63, 3.8) is 0 Å². The third-order valence-electron chi connectivity index (χ3n) is 3.28. The lowest BCUT2D eigenvalue weighted by Crippen LogP contribution is -2.04. The molecule has 0 fully saturated rings. The van der Waals surface area contributed by atoms with Crippen molar-refractivity contribution in [2.24, 2.45) is 0 Å². The number of thiophene rings is 1. The Morgan fingerprint density at radius 3 is 2.60 bits per heavy atom. The van der Waals surface area contributed by atoms with Gasteiger partial charge in [-0.15, -0.1) is 11.6 Å². The van der Waals surface area contributed by atoms with E-state index in [-0.39, 0.29) is 0 Å². The Labute approximate surface area is 135 Å². The fourth-order valence-electron chi connectivity index (χ4n) is 2.17. The molecular formula is C14H11Cl3N2S. The zero-order valence-electron chi connectivity index (χ0n) is 10.7. The van der Waals surface area contributed by atoms with E-state index in [1.165, 1.54) is 11.1 Å². The lowest BCUT2D eigenvalue weighted by Gasteiger charge is -2.08. The van der Waals surface area contributed by atoms with Crippen LogP contribution in [0.3, 0.4) is 0 Å². The van der Waals surface area contributed by atoms with Crippen molar-refractivity contribution in [3.05, 3.63) is 49.9 Å². The molecule has 0 saturated carbocycles. The first-order valence-corrected chi connectivity index (χ1v) is 8.25. The van der Waals surface area contributed by atoms with Gasteiger partial charge in [0.25, 0.3) is 0 Å². The molecule has 0 N–H and O–H groups in total. The second-order valence-electron chi connectivity index (χ2n) is 4.58. The van der Waals surface area contributed by atoms with Crippen molar-refractivity contribution in [2.45, 2.75) is 19.3 Å². The first-order valence-electron chi connectivity index (χ1n) is 6.02. The molecule has 20 heavy (non-hydrogen) atoms. The number of nitrogens with zero attached hydrogens (tertiary/aromatic N) is 2. The van der Waals surface area contributed by atoms with E-state index in [0.717, 1.165) is 23.4 Å². The van der Waals surface area contributed by atoms with Gasteiger partial charge in [-0.3, -0.25) is 0 Å². The number of aromatic nitrogens is 2. The molecular weight excluding hydrogens is 335 g/mol. The highest BCUT2D eigenvalue weighted by Crippen LogP contribution is 2.29. The van der Waals surface area contributed by atoms with Crippen LogP contribution < -0.4 is 0 Å². The topological polar surface area (TPSA) is 17.8 Å². The Balaban J connectivity index is 2.17. The molecule has 0 bridgehead atoms. The van der Waals surface area contributed by atoms with Gasteiger partial charge in [0.2, 0.25) is 0 Å². The molecule has 0 spiro atoms.